The Bertz CT molecular complexity index is 868. The highest BCUT2D eigenvalue weighted by Gasteiger charge is 2.12. The molecule has 0 saturated heterocycles. The molecular formula is C16H21N5O3S. The number of nitrogens with zero attached hydrogens (tertiary/aromatic N) is 3. The summed E-state index contributed by atoms with van der Waals surface area (Å²) in [5.74, 6) is 0.105. The molecule has 0 radical (unpaired) electrons. The van der Waals surface area contributed by atoms with Gasteiger partial charge in [-0.1, -0.05) is 25.6 Å². The van der Waals surface area contributed by atoms with E-state index < -0.39 is 11.2 Å². The zero-order valence-corrected chi connectivity index (χ0v) is 15.4. The van der Waals surface area contributed by atoms with Crippen molar-refractivity contribution in [2.24, 2.45) is 5.92 Å². The van der Waals surface area contributed by atoms with Crippen LogP contribution in [0.3, 0.4) is 0 Å². The number of hydrogen-bond donors (Lipinski definition) is 2. The van der Waals surface area contributed by atoms with Gasteiger partial charge in [0.2, 0.25) is 5.91 Å². The third-order valence-corrected chi connectivity index (χ3v) is 3.99. The van der Waals surface area contributed by atoms with Gasteiger partial charge in [-0.15, -0.1) is 0 Å². The van der Waals surface area contributed by atoms with Gasteiger partial charge in [-0.05, 0) is 25.8 Å². The Morgan fingerprint density at radius 1 is 1.24 bits per heavy atom. The molecule has 0 saturated carbocycles. The predicted octanol–water partition coefficient (Wildman–Crippen LogP) is 1.33. The van der Waals surface area contributed by atoms with Crippen molar-refractivity contribution in [3.63, 3.8) is 0 Å². The molecule has 0 fully saturated rings. The Balaban J connectivity index is 2.12. The first-order valence-electron chi connectivity index (χ1n) is 7.83. The molecule has 1 amide bonds. The van der Waals surface area contributed by atoms with E-state index in [2.05, 4.69) is 20.3 Å². The van der Waals surface area contributed by atoms with Gasteiger partial charge in [0, 0.05) is 24.0 Å². The molecule has 0 aliphatic carbocycles. The Kier molecular flexibility index (Phi) is 6.13. The highest BCUT2D eigenvalue weighted by molar-refractivity contribution is 7.99. The summed E-state index contributed by atoms with van der Waals surface area (Å²) in [7, 11) is 0. The number of hydrogen-bond acceptors (Lipinski definition) is 6. The van der Waals surface area contributed by atoms with Crippen LogP contribution in [0.15, 0.2) is 26.9 Å². The molecule has 0 bridgehead atoms. The Morgan fingerprint density at radius 2 is 1.88 bits per heavy atom. The van der Waals surface area contributed by atoms with Gasteiger partial charge in [0.25, 0.3) is 5.56 Å². The van der Waals surface area contributed by atoms with Crippen molar-refractivity contribution in [2.45, 2.75) is 39.4 Å². The van der Waals surface area contributed by atoms with Crippen molar-refractivity contribution in [3.8, 4) is 0 Å². The van der Waals surface area contributed by atoms with Crippen LogP contribution in [-0.2, 0) is 11.3 Å². The minimum Gasteiger partial charge on any atom is -0.311 e. The van der Waals surface area contributed by atoms with Crippen LogP contribution in [0.4, 0.5) is 5.82 Å². The smallest absolute Gasteiger partial charge is 0.311 e. The molecule has 0 atom stereocenters. The summed E-state index contributed by atoms with van der Waals surface area (Å²) in [6, 6.07) is 3.06. The van der Waals surface area contributed by atoms with E-state index in [1.165, 1.54) is 22.4 Å². The average molecular weight is 363 g/mol. The summed E-state index contributed by atoms with van der Waals surface area (Å²) < 4.78 is 1.35. The molecule has 0 aliphatic heterocycles. The lowest BCUT2D eigenvalue weighted by atomic mass is 10.2. The first-order chi connectivity index (χ1) is 11.7. The zero-order valence-electron chi connectivity index (χ0n) is 14.6. The van der Waals surface area contributed by atoms with Crippen LogP contribution in [0.2, 0.25) is 0 Å². The maximum atomic E-state index is 12.2. The maximum Gasteiger partial charge on any atom is 0.329 e. The minimum absolute atomic E-state index is 0.0750. The summed E-state index contributed by atoms with van der Waals surface area (Å²) in [4.78, 5) is 46.4. The average Bonchev–Trinajstić information content (AvgIpc) is 2.47. The summed E-state index contributed by atoms with van der Waals surface area (Å²) in [5.41, 5.74) is 0.568. The highest BCUT2D eigenvalue weighted by Crippen LogP contribution is 2.14. The lowest BCUT2D eigenvalue weighted by Gasteiger charge is -2.14. The lowest BCUT2D eigenvalue weighted by molar-refractivity contribution is -0.113. The summed E-state index contributed by atoms with van der Waals surface area (Å²) in [5, 5.41) is 3.14. The van der Waals surface area contributed by atoms with Gasteiger partial charge in [0.15, 0.2) is 5.16 Å². The van der Waals surface area contributed by atoms with E-state index in [-0.39, 0.29) is 23.4 Å². The molecule has 2 rings (SSSR count). The molecule has 2 heterocycles. The number of anilines is 1. The van der Waals surface area contributed by atoms with Crippen LogP contribution < -0.4 is 16.6 Å². The van der Waals surface area contributed by atoms with Gasteiger partial charge in [0.1, 0.15) is 5.82 Å². The zero-order chi connectivity index (χ0) is 18.6. The largest absolute Gasteiger partial charge is 0.329 e. The quantitative estimate of drug-likeness (QED) is 0.592. The second-order valence-corrected chi connectivity index (χ2v) is 7.04. The van der Waals surface area contributed by atoms with E-state index in [1.807, 2.05) is 33.8 Å². The van der Waals surface area contributed by atoms with E-state index in [4.69, 9.17) is 0 Å². The number of aromatic amines is 1. The molecule has 0 aromatic carbocycles. The van der Waals surface area contributed by atoms with Crippen molar-refractivity contribution in [1.29, 1.82) is 0 Å². The number of aryl methyl sites for hydroxylation is 2. The van der Waals surface area contributed by atoms with E-state index in [1.54, 1.807) is 0 Å². The van der Waals surface area contributed by atoms with Gasteiger partial charge in [0.05, 0.1) is 5.75 Å². The van der Waals surface area contributed by atoms with E-state index in [0.717, 1.165) is 11.4 Å². The van der Waals surface area contributed by atoms with E-state index in [9.17, 15) is 14.4 Å². The lowest BCUT2D eigenvalue weighted by Crippen LogP contribution is -2.34. The van der Waals surface area contributed by atoms with Crippen LogP contribution in [0.5, 0.6) is 0 Å². The van der Waals surface area contributed by atoms with Crippen LogP contribution in [0.1, 0.15) is 25.2 Å². The minimum atomic E-state index is -0.550. The normalized spacial score (nSPS) is 10.9. The second-order valence-electron chi connectivity index (χ2n) is 6.10. The first kappa shape index (κ1) is 18.9. The van der Waals surface area contributed by atoms with Crippen molar-refractivity contribution in [2.75, 3.05) is 11.1 Å². The van der Waals surface area contributed by atoms with Gasteiger partial charge >= 0.3 is 5.69 Å². The molecule has 2 aromatic rings. The van der Waals surface area contributed by atoms with Crippen LogP contribution in [-0.4, -0.2) is 31.2 Å². The molecule has 2 aromatic heterocycles. The SMILES string of the molecule is Cc1cc(C)nc(SCC(=O)Nc2cc(=O)[nH]c(=O)n2CC(C)C)n1. The number of thioether (sulfide) groups is 1. The summed E-state index contributed by atoms with van der Waals surface area (Å²) in [6.07, 6.45) is 0. The fourth-order valence-electron chi connectivity index (χ4n) is 2.24. The number of amides is 1. The molecular weight excluding hydrogens is 342 g/mol. The molecule has 0 aliphatic rings. The van der Waals surface area contributed by atoms with Gasteiger partial charge in [-0.25, -0.2) is 14.8 Å². The number of carbonyl (C=O) groups excluding carboxylic acids is 1. The third kappa shape index (κ3) is 5.56. The second kappa shape index (κ2) is 8.11. The molecule has 2 N–H and O–H groups in total. The van der Waals surface area contributed by atoms with Crippen molar-refractivity contribution in [1.82, 2.24) is 19.5 Å². The highest BCUT2D eigenvalue weighted by atomic mass is 32.2. The van der Waals surface area contributed by atoms with Crippen LogP contribution >= 0.6 is 11.8 Å². The van der Waals surface area contributed by atoms with Gasteiger partial charge in [-0.3, -0.25) is 19.1 Å². The first-order valence-corrected chi connectivity index (χ1v) is 8.82. The Morgan fingerprint density at radius 3 is 2.48 bits per heavy atom. The topological polar surface area (TPSA) is 110 Å². The summed E-state index contributed by atoms with van der Waals surface area (Å²) in [6.45, 7) is 7.99. The van der Waals surface area contributed by atoms with E-state index in [0.29, 0.717) is 11.7 Å². The number of carbonyl (C=O) groups is 1. The number of H-pyrrole nitrogens is 1. The van der Waals surface area contributed by atoms with Crippen molar-refractivity contribution in [3.05, 3.63) is 44.4 Å². The fraction of sp³-hybridized carbons (Fsp3) is 0.438. The Labute approximate surface area is 149 Å². The predicted molar refractivity (Wildman–Crippen MR) is 97.0 cm³/mol. The number of rotatable bonds is 6. The van der Waals surface area contributed by atoms with Crippen LogP contribution in [0.25, 0.3) is 0 Å². The molecule has 9 heteroatoms. The molecule has 0 unspecified atom stereocenters. The third-order valence-electron chi connectivity index (χ3n) is 3.14. The van der Waals surface area contributed by atoms with Gasteiger partial charge in [-0.2, -0.15) is 0 Å². The Hall–Kier alpha value is -2.42. The van der Waals surface area contributed by atoms with Gasteiger partial charge < -0.3 is 5.32 Å². The number of aromatic nitrogens is 4. The fourth-order valence-corrected chi connectivity index (χ4v) is 2.99. The summed E-state index contributed by atoms with van der Waals surface area (Å²) >= 11 is 1.20. The molecule has 25 heavy (non-hydrogen) atoms. The van der Waals surface area contributed by atoms with E-state index >= 15 is 0 Å². The maximum absolute atomic E-state index is 12.2. The van der Waals surface area contributed by atoms with Crippen molar-refractivity contribution < 1.29 is 4.79 Å². The molecule has 134 valence electrons. The number of nitrogens with one attached hydrogen (secondary N) is 2. The molecule has 8 nitrogen and oxygen atoms in total. The van der Waals surface area contributed by atoms with Crippen molar-refractivity contribution >= 4 is 23.5 Å². The van der Waals surface area contributed by atoms with Crippen LogP contribution in [0, 0.1) is 19.8 Å². The molecule has 0 spiro atoms. The standard InChI is InChI=1S/C16H21N5O3S/c1-9(2)7-21-12(6-13(22)20-16(21)24)19-14(23)8-25-15-17-10(3)5-11(4)18-15/h5-6,9H,7-8H2,1-4H3,(H,19,23)(H,20,22,24). The monoisotopic (exact) mass is 363 g/mol.